The van der Waals surface area contributed by atoms with Crippen molar-refractivity contribution in [1.82, 2.24) is 18.4 Å². The number of benzene rings is 1. The predicted molar refractivity (Wildman–Crippen MR) is 108 cm³/mol. The van der Waals surface area contributed by atoms with E-state index in [-0.39, 0.29) is 11.6 Å². The van der Waals surface area contributed by atoms with Crippen molar-refractivity contribution in [1.29, 1.82) is 0 Å². The van der Waals surface area contributed by atoms with Gasteiger partial charge in [0.25, 0.3) is 0 Å². The molecule has 4 heterocycles. The van der Waals surface area contributed by atoms with Crippen LogP contribution < -0.4 is 5.73 Å². The fourth-order valence-corrected chi connectivity index (χ4v) is 5.21. The van der Waals surface area contributed by atoms with Gasteiger partial charge in [-0.15, -0.1) is 0 Å². The van der Waals surface area contributed by atoms with Gasteiger partial charge in [0.1, 0.15) is 17.7 Å². The summed E-state index contributed by atoms with van der Waals surface area (Å²) < 4.78 is 43.2. The maximum absolute atomic E-state index is 14.1. The van der Waals surface area contributed by atoms with E-state index in [2.05, 4.69) is 15.4 Å². The summed E-state index contributed by atoms with van der Waals surface area (Å²) >= 11 is 1.62. The molecule has 0 aliphatic carbocycles. The van der Waals surface area contributed by atoms with Crippen molar-refractivity contribution in [3.05, 3.63) is 52.9 Å². The lowest BCUT2D eigenvalue weighted by atomic mass is 9.93. The van der Waals surface area contributed by atoms with E-state index in [0.29, 0.717) is 13.0 Å². The summed E-state index contributed by atoms with van der Waals surface area (Å²) in [6.07, 6.45) is 2.12. The number of nitrogens with two attached hydrogens (primary N) is 1. The average Bonchev–Trinajstić information content (AvgIpc) is 3.29. The summed E-state index contributed by atoms with van der Waals surface area (Å²) in [5.41, 5.74) is 8.80. The Hall–Kier alpha value is -1.56. The normalized spacial score (nSPS) is 28.0. The van der Waals surface area contributed by atoms with Crippen molar-refractivity contribution >= 4 is 12.1 Å². The molecule has 2 saturated heterocycles. The summed E-state index contributed by atoms with van der Waals surface area (Å²) in [7, 11) is 0. The minimum absolute atomic E-state index is 0.127. The first-order chi connectivity index (χ1) is 14.6. The first kappa shape index (κ1) is 20.3. The minimum atomic E-state index is -0.629. The molecule has 1 aromatic carbocycles. The molecule has 7 nitrogen and oxygen atoms in total. The standard InChI is InChI=1S/C20H25F2N5O2S/c21-14-1-2-17(22)16(7-14)20-18(23)8-15(12-29-20)25-9-13-10-27(24-19(13)11-25)30-26-3-5-28-6-4-26/h1-2,7,10,15,18,20H,3-6,8-9,11-12,23H2/t15?,18?,20-/m1/s1. The van der Waals surface area contributed by atoms with Crippen molar-refractivity contribution < 1.29 is 18.3 Å². The van der Waals surface area contributed by atoms with Crippen molar-refractivity contribution in [3.63, 3.8) is 0 Å². The third-order valence-corrected chi connectivity index (χ3v) is 6.88. The Balaban J connectivity index is 1.19. The van der Waals surface area contributed by atoms with Gasteiger partial charge in [0, 0.05) is 55.6 Å². The summed E-state index contributed by atoms with van der Waals surface area (Å²) in [6, 6.07) is 3.14. The summed E-state index contributed by atoms with van der Waals surface area (Å²) in [5.74, 6) is -0.968. The zero-order valence-corrected chi connectivity index (χ0v) is 17.4. The SMILES string of the molecule is NC1CC(N2Cc3cn(SN4CCOCC4)nc3C2)CO[C@@H]1c1cc(F)ccc1F. The summed E-state index contributed by atoms with van der Waals surface area (Å²) in [5, 5.41) is 4.72. The highest BCUT2D eigenvalue weighted by Gasteiger charge is 2.37. The Morgan fingerprint density at radius 1 is 1.17 bits per heavy atom. The molecule has 5 rings (SSSR count). The van der Waals surface area contributed by atoms with Gasteiger partial charge in [-0.2, -0.15) is 9.19 Å². The lowest BCUT2D eigenvalue weighted by molar-refractivity contribution is -0.0533. The molecule has 1 aromatic heterocycles. The molecule has 0 spiro atoms. The fourth-order valence-electron chi connectivity index (χ4n) is 4.35. The van der Waals surface area contributed by atoms with E-state index in [1.807, 2.05) is 4.09 Å². The van der Waals surface area contributed by atoms with Gasteiger partial charge in [0.15, 0.2) is 0 Å². The number of rotatable bonds is 4. The van der Waals surface area contributed by atoms with Crippen LogP contribution in [-0.2, 0) is 22.6 Å². The van der Waals surface area contributed by atoms with Gasteiger partial charge in [-0.05, 0) is 24.6 Å². The molecule has 3 aliphatic rings. The molecule has 2 aromatic rings. The smallest absolute Gasteiger partial charge is 0.129 e. The van der Waals surface area contributed by atoms with Gasteiger partial charge in [0.2, 0.25) is 0 Å². The van der Waals surface area contributed by atoms with Crippen LogP contribution in [-0.4, -0.2) is 63.4 Å². The lowest BCUT2D eigenvalue weighted by Crippen LogP contribution is -2.47. The maximum atomic E-state index is 14.1. The second kappa shape index (κ2) is 8.52. The molecule has 3 aliphatic heterocycles. The van der Waals surface area contributed by atoms with Crippen molar-refractivity contribution in [2.45, 2.75) is 37.7 Å². The topological polar surface area (TPSA) is 68.8 Å². The molecule has 0 radical (unpaired) electrons. The summed E-state index contributed by atoms with van der Waals surface area (Å²) in [4.78, 5) is 2.30. The molecule has 10 heteroatoms. The van der Waals surface area contributed by atoms with Gasteiger partial charge in [-0.25, -0.2) is 13.1 Å². The van der Waals surface area contributed by atoms with Gasteiger partial charge < -0.3 is 15.2 Å². The van der Waals surface area contributed by atoms with Crippen molar-refractivity contribution in [2.75, 3.05) is 32.9 Å². The molecule has 2 fully saturated rings. The Kier molecular flexibility index (Phi) is 5.78. The highest BCUT2D eigenvalue weighted by Crippen LogP contribution is 2.34. The second-order valence-electron chi connectivity index (χ2n) is 8.00. The predicted octanol–water partition coefficient (Wildman–Crippen LogP) is 2.08. The quantitative estimate of drug-likeness (QED) is 0.735. The number of fused-ring (bicyclic) bond motifs is 1. The van der Waals surface area contributed by atoms with Crippen LogP contribution in [0.2, 0.25) is 0 Å². The number of halogens is 2. The third-order valence-electron chi connectivity index (χ3n) is 5.93. The first-order valence-corrected chi connectivity index (χ1v) is 10.9. The van der Waals surface area contributed by atoms with Crippen LogP contribution in [0.5, 0.6) is 0 Å². The molecule has 30 heavy (non-hydrogen) atoms. The number of ether oxygens (including phenoxy) is 2. The largest absolute Gasteiger partial charge is 0.379 e. The van der Waals surface area contributed by atoms with Crippen LogP contribution in [0.1, 0.15) is 29.3 Å². The molecular formula is C20H25F2N5O2S. The number of hydrogen-bond acceptors (Lipinski definition) is 7. The maximum Gasteiger partial charge on any atom is 0.129 e. The Morgan fingerprint density at radius 2 is 2.00 bits per heavy atom. The molecule has 0 bridgehead atoms. The second-order valence-corrected chi connectivity index (χ2v) is 9.06. The number of aromatic nitrogens is 2. The average molecular weight is 438 g/mol. The molecule has 2 unspecified atom stereocenters. The lowest BCUT2D eigenvalue weighted by Gasteiger charge is -2.38. The van der Waals surface area contributed by atoms with E-state index < -0.39 is 23.8 Å². The van der Waals surface area contributed by atoms with E-state index >= 15 is 0 Å². The van der Waals surface area contributed by atoms with Crippen LogP contribution in [0.4, 0.5) is 8.78 Å². The van der Waals surface area contributed by atoms with E-state index in [9.17, 15) is 8.78 Å². The van der Waals surface area contributed by atoms with E-state index in [4.69, 9.17) is 20.3 Å². The van der Waals surface area contributed by atoms with Crippen LogP contribution >= 0.6 is 12.1 Å². The third kappa shape index (κ3) is 4.12. The van der Waals surface area contributed by atoms with Crippen LogP contribution in [0.15, 0.2) is 24.4 Å². The summed E-state index contributed by atoms with van der Waals surface area (Å²) in [6.45, 7) is 5.26. The van der Waals surface area contributed by atoms with Gasteiger partial charge in [0.05, 0.1) is 37.6 Å². The van der Waals surface area contributed by atoms with E-state index in [0.717, 1.165) is 57.2 Å². The molecule has 2 N–H and O–H groups in total. The molecule has 3 atom stereocenters. The fraction of sp³-hybridized carbons (Fsp3) is 0.550. The molecular weight excluding hydrogens is 412 g/mol. The molecule has 0 amide bonds. The number of morpholine rings is 1. The molecule has 0 saturated carbocycles. The number of nitrogens with zero attached hydrogens (tertiary/aromatic N) is 4. The van der Waals surface area contributed by atoms with Gasteiger partial charge in [-0.1, -0.05) is 0 Å². The Labute approximate surface area is 178 Å². The van der Waals surface area contributed by atoms with E-state index in [1.54, 1.807) is 12.1 Å². The van der Waals surface area contributed by atoms with Crippen molar-refractivity contribution in [2.24, 2.45) is 5.73 Å². The zero-order valence-electron chi connectivity index (χ0n) is 16.5. The molecule has 162 valence electrons. The highest BCUT2D eigenvalue weighted by atomic mass is 32.2. The van der Waals surface area contributed by atoms with Gasteiger partial charge >= 0.3 is 0 Å². The number of hydrogen-bond donors (Lipinski definition) is 1. The zero-order chi connectivity index (χ0) is 20.7. The first-order valence-electron chi connectivity index (χ1n) is 10.2. The van der Waals surface area contributed by atoms with Gasteiger partial charge in [-0.3, -0.25) is 4.90 Å². The minimum Gasteiger partial charge on any atom is -0.379 e. The van der Waals surface area contributed by atoms with E-state index in [1.165, 1.54) is 11.6 Å². The van der Waals surface area contributed by atoms with Crippen molar-refractivity contribution in [3.8, 4) is 0 Å². The highest BCUT2D eigenvalue weighted by molar-refractivity contribution is 7.95. The Bertz CT molecular complexity index is 884. The Morgan fingerprint density at radius 3 is 2.77 bits per heavy atom. The van der Waals surface area contributed by atoms with Crippen LogP contribution in [0, 0.1) is 11.6 Å². The van der Waals surface area contributed by atoms with Crippen LogP contribution in [0.3, 0.4) is 0 Å². The monoisotopic (exact) mass is 437 g/mol. The van der Waals surface area contributed by atoms with Crippen LogP contribution in [0.25, 0.3) is 0 Å².